The molecule has 4 aromatic heterocycles. The summed E-state index contributed by atoms with van der Waals surface area (Å²) in [6.45, 7) is 4.76. The lowest BCUT2D eigenvalue weighted by Gasteiger charge is -2.10. The van der Waals surface area contributed by atoms with Crippen LogP contribution in [0, 0.1) is 5.92 Å². The maximum absolute atomic E-state index is 13.3. The van der Waals surface area contributed by atoms with E-state index in [0.29, 0.717) is 40.7 Å². The van der Waals surface area contributed by atoms with Crippen molar-refractivity contribution in [2.45, 2.75) is 26.9 Å². The Kier molecular flexibility index (Phi) is 5.32. The first-order valence-corrected chi connectivity index (χ1v) is 11.2. The molecule has 0 saturated carbocycles. The minimum atomic E-state index is -0.424. The fourth-order valence-electron chi connectivity index (χ4n) is 4.20. The number of pyridine rings is 1. The molecular weight excluding hydrogens is 456 g/mol. The summed E-state index contributed by atoms with van der Waals surface area (Å²) in [7, 11) is 3.28. The van der Waals surface area contributed by atoms with Crippen LogP contribution in [0.1, 0.15) is 19.4 Å². The zero-order valence-corrected chi connectivity index (χ0v) is 20.0. The van der Waals surface area contributed by atoms with E-state index in [-0.39, 0.29) is 5.92 Å². The minimum Gasteiger partial charge on any atom is -0.315 e. The van der Waals surface area contributed by atoms with E-state index in [4.69, 9.17) is 16.7 Å². The van der Waals surface area contributed by atoms with Crippen LogP contribution in [0.5, 0.6) is 0 Å². The van der Waals surface area contributed by atoms with Gasteiger partial charge < -0.3 is 4.57 Å². The summed E-state index contributed by atoms with van der Waals surface area (Å²) >= 11 is 6.26. The van der Waals surface area contributed by atoms with Gasteiger partial charge in [0, 0.05) is 37.2 Å². The third kappa shape index (κ3) is 3.50. The number of fused-ring (bicyclic) bond motifs is 2. The number of rotatable bonds is 5. The Labute approximate surface area is 199 Å². The summed E-state index contributed by atoms with van der Waals surface area (Å²) in [5.74, 6) is 0.652. The molecule has 0 atom stereocenters. The van der Waals surface area contributed by atoms with E-state index in [9.17, 15) is 9.59 Å². The Balaban J connectivity index is 1.85. The second kappa shape index (κ2) is 8.21. The van der Waals surface area contributed by atoms with Gasteiger partial charge in [-0.1, -0.05) is 25.4 Å². The smallest absolute Gasteiger partial charge is 0.315 e. The SMILES string of the molecule is CC(C)Cn1c(=O)n(C)c(=O)c2c(-c3nncn3C)n(Cc3ccnc4ccc(Cl)cc34)nc21. The van der Waals surface area contributed by atoms with Crippen LogP contribution in [0.3, 0.4) is 0 Å². The van der Waals surface area contributed by atoms with Crippen LogP contribution in [-0.4, -0.2) is 38.7 Å². The molecule has 11 heteroatoms. The normalized spacial score (nSPS) is 11.8. The highest BCUT2D eigenvalue weighted by Gasteiger charge is 2.25. The highest BCUT2D eigenvalue weighted by Crippen LogP contribution is 2.27. The van der Waals surface area contributed by atoms with Gasteiger partial charge in [0.1, 0.15) is 17.4 Å². The fraction of sp³-hybridized carbons (Fsp3) is 0.304. The second-order valence-corrected chi connectivity index (χ2v) is 9.19. The van der Waals surface area contributed by atoms with Crippen LogP contribution in [-0.2, 0) is 27.2 Å². The first kappa shape index (κ1) is 22.0. The van der Waals surface area contributed by atoms with Gasteiger partial charge in [0.2, 0.25) is 0 Å². The molecule has 0 aliphatic rings. The molecule has 34 heavy (non-hydrogen) atoms. The van der Waals surface area contributed by atoms with Gasteiger partial charge in [-0.25, -0.2) is 4.79 Å². The van der Waals surface area contributed by atoms with Crippen LogP contribution in [0.15, 0.2) is 46.4 Å². The van der Waals surface area contributed by atoms with Crippen molar-refractivity contribution in [3.63, 3.8) is 0 Å². The zero-order valence-electron chi connectivity index (χ0n) is 19.2. The van der Waals surface area contributed by atoms with E-state index in [1.54, 1.807) is 39.5 Å². The Morgan fingerprint density at radius 2 is 1.91 bits per heavy atom. The number of nitrogens with zero attached hydrogens (tertiary/aromatic N) is 8. The first-order valence-electron chi connectivity index (χ1n) is 10.8. The van der Waals surface area contributed by atoms with Gasteiger partial charge in [-0.2, -0.15) is 5.10 Å². The average molecular weight is 479 g/mol. The Morgan fingerprint density at radius 3 is 2.62 bits per heavy atom. The van der Waals surface area contributed by atoms with Gasteiger partial charge in [-0.05, 0) is 35.7 Å². The van der Waals surface area contributed by atoms with Crippen LogP contribution in [0.2, 0.25) is 5.02 Å². The van der Waals surface area contributed by atoms with E-state index in [1.807, 2.05) is 32.0 Å². The lowest BCUT2D eigenvalue weighted by Crippen LogP contribution is -2.38. The summed E-state index contributed by atoms with van der Waals surface area (Å²) in [5.41, 5.74) is 1.72. The van der Waals surface area contributed by atoms with Gasteiger partial charge in [0.25, 0.3) is 5.56 Å². The molecular formula is C23H23ClN8O2. The topological polar surface area (TPSA) is 105 Å². The summed E-state index contributed by atoms with van der Waals surface area (Å²) in [4.78, 5) is 30.8. The molecule has 0 radical (unpaired) electrons. The highest BCUT2D eigenvalue weighted by atomic mass is 35.5. The molecule has 0 aliphatic carbocycles. The quantitative estimate of drug-likeness (QED) is 0.384. The summed E-state index contributed by atoms with van der Waals surface area (Å²) < 4.78 is 6.12. The lowest BCUT2D eigenvalue weighted by atomic mass is 10.1. The highest BCUT2D eigenvalue weighted by molar-refractivity contribution is 6.31. The van der Waals surface area contributed by atoms with Crippen molar-refractivity contribution >= 4 is 33.5 Å². The van der Waals surface area contributed by atoms with Crippen LogP contribution < -0.4 is 11.2 Å². The third-order valence-corrected chi connectivity index (χ3v) is 6.05. The summed E-state index contributed by atoms with van der Waals surface area (Å²) in [6, 6.07) is 7.41. The van der Waals surface area contributed by atoms with Crippen LogP contribution in [0.25, 0.3) is 33.5 Å². The summed E-state index contributed by atoms with van der Waals surface area (Å²) in [6.07, 6.45) is 3.29. The molecule has 0 fully saturated rings. The summed E-state index contributed by atoms with van der Waals surface area (Å²) in [5, 5.41) is 14.8. The van der Waals surface area contributed by atoms with Crippen molar-refractivity contribution in [1.29, 1.82) is 0 Å². The van der Waals surface area contributed by atoms with E-state index >= 15 is 0 Å². The zero-order chi connectivity index (χ0) is 24.1. The number of halogens is 1. The molecule has 10 nitrogen and oxygen atoms in total. The Hall–Kier alpha value is -3.79. The largest absolute Gasteiger partial charge is 0.332 e. The maximum Gasteiger partial charge on any atom is 0.332 e. The van der Waals surface area contributed by atoms with Crippen molar-refractivity contribution in [3.05, 3.63) is 68.2 Å². The van der Waals surface area contributed by atoms with Gasteiger partial charge in [-0.15, -0.1) is 10.2 Å². The predicted molar refractivity (Wildman–Crippen MR) is 130 cm³/mol. The molecule has 0 bridgehead atoms. The minimum absolute atomic E-state index is 0.174. The molecule has 0 unspecified atom stereocenters. The number of aryl methyl sites for hydroxylation is 1. The standard InChI is InChI=1S/C23H23ClN8O2/c1-13(2)10-31-20-18(22(33)30(4)23(31)34)19(21-27-26-12-29(21)3)32(28-20)11-14-7-8-25-17-6-5-15(24)9-16(14)17/h5-9,12-13H,10-11H2,1-4H3. The van der Waals surface area contributed by atoms with Crippen molar-refractivity contribution in [2.24, 2.45) is 20.0 Å². The van der Waals surface area contributed by atoms with Crippen molar-refractivity contribution in [1.82, 2.24) is 38.7 Å². The lowest BCUT2D eigenvalue weighted by molar-refractivity contribution is 0.498. The number of benzene rings is 1. The van der Waals surface area contributed by atoms with Crippen molar-refractivity contribution in [3.8, 4) is 11.5 Å². The van der Waals surface area contributed by atoms with E-state index in [2.05, 4.69) is 15.2 Å². The monoisotopic (exact) mass is 478 g/mol. The Morgan fingerprint density at radius 1 is 1.12 bits per heavy atom. The average Bonchev–Trinajstić information content (AvgIpc) is 3.38. The molecule has 0 saturated heterocycles. The van der Waals surface area contributed by atoms with Crippen molar-refractivity contribution < 1.29 is 0 Å². The molecule has 0 spiro atoms. The van der Waals surface area contributed by atoms with Gasteiger partial charge in [0.05, 0.1) is 12.1 Å². The van der Waals surface area contributed by atoms with E-state index in [1.165, 1.54) is 7.05 Å². The first-order chi connectivity index (χ1) is 16.3. The van der Waals surface area contributed by atoms with Crippen molar-refractivity contribution in [2.75, 3.05) is 0 Å². The number of hydrogen-bond donors (Lipinski definition) is 0. The molecule has 174 valence electrons. The molecule has 0 aliphatic heterocycles. The van der Waals surface area contributed by atoms with Gasteiger partial charge in [0.15, 0.2) is 11.5 Å². The predicted octanol–water partition coefficient (Wildman–Crippen LogP) is 2.60. The Bertz CT molecular complexity index is 1670. The van der Waals surface area contributed by atoms with Gasteiger partial charge >= 0.3 is 5.69 Å². The number of aromatic nitrogens is 8. The third-order valence-electron chi connectivity index (χ3n) is 5.81. The molecule has 4 heterocycles. The number of hydrogen-bond acceptors (Lipinski definition) is 6. The fourth-order valence-corrected chi connectivity index (χ4v) is 4.38. The molecule has 5 rings (SSSR count). The van der Waals surface area contributed by atoms with E-state index in [0.717, 1.165) is 21.0 Å². The van der Waals surface area contributed by atoms with E-state index < -0.39 is 11.2 Å². The second-order valence-electron chi connectivity index (χ2n) is 8.75. The van der Waals surface area contributed by atoms with Crippen LogP contribution in [0.4, 0.5) is 0 Å². The van der Waals surface area contributed by atoms with Gasteiger partial charge in [-0.3, -0.25) is 23.6 Å². The molecule has 0 N–H and O–H groups in total. The maximum atomic E-state index is 13.3. The molecule has 5 aromatic rings. The van der Waals surface area contributed by atoms with Crippen LogP contribution >= 0.6 is 11.6 Å². The molecule has 0 amide bonds. The molecule has 1 aromatic carbocycles.